The molecule has 24 heavy (non-hydrogen) atoms. The third kappa shape index (κ3) is 5.13. The van der Waals surface area contributed by atoms with Crippen molar-refractivity contribution >= 4 is 6.09 Å². The molecule has 1 amide bonds. The maximum Gasteiger partial charge on any atom is 0.433 e. The standard InChI is InChI=1S/C15H14F3N3O3/c16-15(17,18)13-6-5-12(9-20-13)24-11-3-1-10(2-4-11)7-8-23-14(22)21-19/h1-6,9H,7-8,19H2,(H,21,22). The molecule has 0 aliphatic heterocycles. The van der Waals surface area contributed by atoms with Crippen LogP contribution < -0.4 is 16.0 Å². The van der Waals surface area contributed by atoms with E-state index in [0.717, 1.165) is 17.8 Å². The minimum Gasteiger partial charge on any atom is -0.456 e. The van der Waals surface area contributed by atoms with Crippen LogP contribution in [0, 0.1) is 0 Å². The summed E-state index contributed by atoms with van der Waals surface area (Å²) in [5.74, 6) is 5.51. The molecule has 0 aliphatic carbocycles. The van der Waals surface area contributed by atoms with Gasteiger partial charge >= 0.3 is 12.3 Å². The highest BCUT2D eigenvalue weighted by molar-refractivity contribution is 5.66. The van der Waals surface area contributed by atoms with Gasteiger partial charge in [-0.15, -0.1) is 0 Å². The summed E-state index contributed by atoms with van der Waals surface area (Å²) in [6.07, 6.45) is -3.71. The molecule has 1 heterocycles. The first-order chi connectivity index (χ1) is 11.4. The molecule has 128 valence electrons. The SMILES string of the molecule is NNC(=O)OCCc1ccc(Oc2ccc(C(F)(F)F)nc2)cc1. The number of benzene rings is 1. The Morgan fingerprint density at radius 2 is 1.79 bits per heavy atom. The number of hydrogen-bond donors (Lipinski definition) is 2. The fraction of sp³-hybridized carbons (Fsp3) is 0.200. The first kappa shape index (κ1) is 17.5. The lowest BCUT2D eigenvalue weighted by atomic mass is 10.1. The predicted molar refractivity (Wildman–Crippen MR) is 78.1 cm³/mol. The van der Waals surface area contributed by atoms with Crippen LogP contribution in [0.15, 0.2) is 42.6 Å². The summed E-state index contributed by atoms with van der Waals surface area (Å²) in [5.41, 5.74) is 1.75. The van der Waals surface area contributed by atoms with Gasteiger partial charge in [-0.3, -0.25) is 5.43 Å². The molecule has 0 saturated heterocycles. The number of aromatic nitrogens is 1. The average molecular weight is 341 g/mol. The van der Waals surface area contributed by atoms with Crippen LogP contribution in [-0.2, 0) is 17.3 Å². The van der Waals surface area contributed by atoms with E-state index < -0.39 is 18.0 Å². The Morgan fingerprint density at radius 3 is 2.33 bits per heavy atom. The van der Waals surface area contributed by atoms with E-state index in [2.05, 4.69) is 4.98 Å². The number of rotatable bonds is 5. The molecular weight excluding hydrogens is 327 g/mol. The van der Waals surface area contributed by atoms with Gasteiger partial charge in [-0.2, -0.15) is 13.2 Å². The van der Waals surface area contributed by atoms with Crippen LogP contribution >= 0.6 is 0 Å². The van der Waals surface area contributed by atoms with E-state index in [4.69, 9.17) is 15.3 Å². The fourth-order valence-corrected chi connectivity index (χ4v) is 1.77. The summed E-state index contributed by atoms with van der Waals surface area (Å²) < 4.78 is 47.4. The van der Waals surface area contributed by atoms with E-state index in [1.165, 1.54) is 6.07 Å². The second-order valence-electron chi connectivity index (χ2n) is 4.65. The van der Waals surface area contributed by atoms with E-state index in [0.29, 0.717) is 12.2 Å². The van der Waals surface area contributed by atoms with Crippen molar-refractivity contribution in [3.05, 3.63) is 53.9 Å². The third-order valence-corrected chi connectivity index (χ3v) is 2.93. The van der Waals surface area contributed by atoms with Crippen LogP contribution in [0.2, 0.25) is 0 Å². The van der Waals surface area contributed by atoms with Crippen LogP contribution in [0.4, 0.5) is 18.0 Å². The second-order valence-corrected chi connectivity index (χ2v) is 4.65. The monoisotopic (exact) mass is 341 g/mol. The minimum atomic E-state index is -4.48. The highest BCUT2D eigenvalue weighted by atomic mass is 19.4. The number of amides is 1. The van der Waals surface area contributed by atoms with E-state index >= 15 is 0 Å². The lowest BCUT2D eigenvalue weighted by Crippen LogP contribution is -2.31. The second kappa shape index (κ2) is 7.64. The summed E-state index contributed by atoms with van der Waals surface area (Å²) in [6.45, 7) is 0.159. The van der Waals surface area contributed by atoms with Crippen molar-refractivity contribution in [2.45, 2.75) is 12.6 Å². The van der Waals surface area contributed by atoms with Gasteiger partial charge in [0.25, 0.3) is 0 Å². The zero-order valence-electron chi connectivity index (χ0n) is 12.3. The quantitative estimate of drug-likeness (QED) is 0.496. The lowest BCUT2D eigenvalue weighted by molar-refractivity contribution is -0.141. The van der Waals surface area contributed by atoms with Crippen molar-refractivity contribution in [3.63, 3.8) is 0 Å². The average Bonchev–Trinajstić information content (AvgIpc) is 2.56. The van der Waals surface area contributed by atoms with Crippen molar-refractivity contribution in [2.24, 2.45) is 5.84 Å². The van der Waals surface area contributed by atoms with Gasteiger partial charge < -0.3 is 9.47 Å². The number of pyridine rings is 1. The zero-order chi connectivity index (χ0) is 17.6. The van der Waals surface area contributed by atoms with Gasteiger partial charge in [0.2, 0.25) is 0 Å². The number of hydrazine groups is 1. The number of halogens is 3. The molecule has 0 bridgehead atoms. The van der Waals surface area contributed by atoms with Crippen molar-refractivity contribution in [1.29, 1.82) is 0 Å². The minimum absolute atomic E-state index is 0.159. The number of nitrogens with two attached hydrogens (primary N) is 1. The van der Waals surface area contributed by atoms with Gasteiger partial charge in [0.05, 0.1) is 12.8 Å². The molecule has 0 unspecified atom stereocenters. The fourth-order valence-electron chi connectivity index (χ4n) is 1.77. The molecule has 9 heteroatoms. The van der Waals surface area contributed by atoms with Crippen molar-refractivity contribution in [1.82, 2.24) is 10.4 Å². The molecule has 0 saturated carbocycles. The summed E-state index contributed by atoms with van der Waals surface area (Å²) in [6, 6.07) is 8.84. The largest absolute Gasteiger partial charge is 0.456 e. The summed E-state index contributed by atoms with van der Waals surface area (Å²) >= 11 is 0. The molecule has 0 radical (unpaired) electrons. The Balaban J connectivity index is 1.90. The molecule has 6 nitrogen and oxygen atoms in total. The normalized spacial score (nSPS) is 11.0. The first-order valence-electron chi connectivity index (χ1n) is 6.82. The summed E-state index contributed by atoms with van der Waals surface area (Å²) in [5, 5.41) is 0. The van der Waals surface area contributed by atoms with Crippen LogP contribution in [-0.4, -0.2) is 17.7 Å². The predicted octanol–water partition coefficient (Wildman–Crippen LogP) is 3.04. The molecule has 2 aromatic rings. The van der Waals surface area contributed by atoms with Gasteiger partial charge in [-0.25, -0.2) is 15.6 Å². The van der Waals surface area contributed by atoms with Crippen LogP contribution in [0.25, 0.3) is 0 Å². The van der Waals surface area contributed by atoms with Gasteiger partial charge in [0, 0.05) is 6.42 Å². The topological polar surface area (TPSA) is 86.5 Å². The Kier molecular flexibility index (Phi) is 5.59. The zero-order valence-corrected chi connectivity index (χ0v) is 12.3. The van der Waals surface area contributed by atoms with Gasteiger partial charge in [-0.05, 0) is 29.8 Å². The van der Waals surface area contributed by atoms with Gasteiger partial charge in [0.1, 0.15) is 17.2 Å². The van der Waals surface area contributed by atoms with Crippen LogP contribution in [0.1, 0.15) is 11.3 Å². The molecule has 0 fully saturated rings. The van der Waals surface area contributed by atoms with Crippen molar-refractivity contribution < 1.29 is 27.4 Å². The summed E-state index contributed by atoms with van der Waals surface area (Å²) in [7, 11) is 0. The molecule has 0 atom stereocenters. The van der Waals surface area contributed by atoms with Crippen LogP contribution in [0.5, 0.6) is 11.5 Å². The molecule has 1 aromatic heterocycles. The van der Waals surface area contributed by atoms with Gasteiger partial charge in [0.15, 0.2) is 0 Å². The summed E-state index contributed by atoms with van der Waals surface area (Å²) in [4.78, 5) is 14.1. The molecule has 0 spiro atoms. The van der Waals surface area contributed by atoms with E-state index in [-0.39, 0.29) is 12.4 Å². The molecule has 0 aliphatic rings. The smallest absolute Gasteiger partial charge is 0.433 e. The Bertz CT molecular complexity index is 673. The number of alkyl halides is 3. The Morgan fingerprint density at radius 1 is 1.12 bits per heavy atom. The number of ether oxygens (including phenoxy) is 2. The molecule has 2 rings (SSSR count). The van der Waals surface area contributed by atoms with E-state index in [1.807, 2.05) is 5.43 Å². The van der Waals surface area contributed by atoms with E-state index in [1.54, 1.807) is 24.3 Å². The third-order valence-electron chi connectivity index (χ3n) is 2.93. The number of carbonyl (C=O) groups is 1. The number of nitrogens with one attached hydrogen (secondary N) is 1. The van der Waals surface area contributed by atoms with E-state index in [9.17, 15) is 18.0 Å². The number of nitrogens with zero attached hydrogens (tertiary/aromatic N) is 1. The Labute approximate surface area is 135 Å². The maximum atomic E-state index is 12.4. The molecular formula is C15H14F3N3O3. The van der Waals surface area contributed by atoms with Gasteiger partial charge in [-0.1, -0.05) is 12.1 Å². The van der Waals surface area contributed by atoms with Crippen molar-refractivity contribution in [3.8, 4) is 11.5 Å². The molecule has 1 aromatic carbocycles. The highest BCUT2D eigenvalue weighted by Gasteiger charge is 2.32. The maximum absolute atomic E-state index is 12.4. The Hall–Kier alpha value is -2.81. The highest BCUT2D eigenvalue weighted by Crippen LogP contribution is 2.29. The number of carbonyl (C=O) groups excluding carboxylic acids is 1. The first-order valence-corrected chi connectivity index (χ1v) is 6.82. The molecule has 3 N–H and O–H groups in total. The van der Waals surface area contributed by atoms with Crippen molar-refractivity contribution in [2.75, 3.05) is 6.61 Å². The lowest BCUT2D eigenvalue weighted by Gasteiger charge is -2.09. The van der Waals surface area contributed by atoms with Crippen LogP contribution in [0.3, 0.4) is 0 Å². The number of hydrogen-bond acceptors (Lipinski definition) is 5.